The first kappa shape index (κ1) is 15.0. The lowest BCUT2D eigenvalue weighted by molar-refractivity contribution is -0.386. The van der Waals surface area contributed by atoms with Crippen molar-refractivity contribution in [2.24, 2.45) is 7.05 Å². The molecule has 112 valence electrons. The number of nitro benzene ring substituents is 1. The van der Waals surface area contributed by atoms with Crippen LogP contribution in [-0.4, -0.2) is 21.2 Å². The van der Waals surface area contributed by atoms with Crippen molar-refractivity contribution in [1.82, 2.24) is 15.1 Å². The van der Waals surface area contributed by atoms with Crippen LogP contribution in [-0.2, 0) is 20.2 Å². The zero-order valence-electron chi connectivity index (χ0n) is 12.1. The minimum absolute atomic E-state index is 0.0192. The number of hydrogen-bond donors (Lipinski definition) is 1. The van der Waals surface area contributed by atoms with Gasteiger partial charge in [0.25, 0.3) is 0 Å². The van der Waals surface area contributed by atoms with Gasteiger partial charge < -0.3 is 10.1 Å². The standard InChI is InChI=1S/C14H18N4O3/c1-3-15-7-11-4-5-14(13(6-11)18(19)20)21-10-12-8-16-17(2)9-12/h4-6,8-9,15H,3,7,10H2,1-2H3. The Kier molecular flexibility index (Phi) is 4.89. The highest BCUT2D eigenvalue weighted by Crippen LogP contribution is 2.28. The zero-order valence-corrected chi connectivity index (χ0v) is 12.1. The summed E-state index contributed by atoms with van der Waals surface area (Å²) in [5.74, 6) is 0.268. The lowest BCUT2D eigenvalue weighted by Crippen LogP contribution is -2.12. The quantitative estimate of drug-likeness (QED) is 0.623. The van der Waals surface area contributed by atoms with Gasteiger partial charge in [-0.15, -0.1) is 0 Å². The number of ether oxygens (including phenoxy) is 1. The molecule has 1 aromatic heterocycles. The third-order valence-corrected chi connectivity index (χ3v) is 2.95. The highest BCUT2D eigenvalue weighted by molar-refractivity contribution is 5.48. The molecule has 7 nitrogen and oxygen atoms in total. The zero-order chi connectivity index (χ0) is 15.2. The van der Waals surface area contributed by atoms with Gasteiger partial charge in [0, 0.05) is 31.4 Å². The minimum atomic E-state index is -0.423. The SMILES string of the molecule is CCNCc1ccc(OCc2cnn(C)c2)c([N+](=O)[O-])c1. The molecule has 2 aromatic rings. The van der Waals surface area contributed by atoms with E-state index in [1.54, 1.807) is 23.0 Å². The van der Waals surface area contributed by atoms with Gasteiger partial charge in [-0.3, -0.25) is 14.8 Å². The highest BCUT2D eigenvalue weighted by Gasteiger charge is 2.16. The van der Waals surface area contributed by atoms with Gasteiger partial charge in [-0.2, -0.15) is 5.10 Å². The van der Waals surface area contributed by atoms with Crippen LogP contribution < -0.4 is 10.1 Å². The molecular formula is C14H18N4O3. The third-order valence-electron chi connectivity index (χ3n) is 2.95. The molecule has 1 heterocycles. The average Bonchev–Trinajstić information content (AvgIpc) is 2.88. The summed E-state index contributed by atoms with van der Waals surface area (Å²) in [6.45, 7) is 3.65. The first-order valence-corrected chi connectivity index (χ1v) is 6.68. The van der Waals surface area contributed by atoms with Gasteiger partial charge in [0.1, 0.15) is 6.61 Å². The van der Waals surface area contributed by atoms with Gasteiger partial charge in [-0.1, -0.05) is 13.0 Å². The topological polar surface area (TPSA) is 82.2 Å². The van der Waals surface area contributed by atoms with Crippen LogP contribution in [0.3, 0.4) is 0 Å². The van der Waals surface area contributed by atoms with E-state index in [9.17, 15) is 10.1 Å². The molecule has 0 bridgehead atoms. The smallest absolute Gasteiger partial charge is 0.311 e. The molecule has 0 aliphatic heterocycles. The number of nitro groups is 1. The average molecular weight is 290 g/mol. The lowest BCUT2D eigenvalue weighted by Gasteiger charge is -2.08. The van der Waals surface area contributed by atoms with Crippen molar-refractivity contribution in [3.8, 4) is 5.75 Å². The van der Waals surface area contributed by atoms with E-state index in [4.69, 9.17) is 4.74 Å². The first-order valence-electron chi connectivity index (χ1n) is 6.68. The fourth-order valence-electron chi connectivity index (χ4n) is 1.91. The molecule has 21 heavy (non-hydrogen) atoms. The summed E-state index contributed by atoms with van der Waals surface area (Å²) in [4.78, 5) is 10.7. The fourth-order valence-corrected chi connectivity index (χ4v) is 1.91. The van der Waals surface area contributed by atoms with Gasteiger partial charge in [0.05, 0.1) is 11.1 Å². The van der Waals surface area contributed by atoms with Crippen molar-refractivity contribution >= 4 is 5.69 Å². The number of hydrogen-bond acceptors (Lipinski definition) is 5. The molecule has 0 fully saturated rings. The summed E-state index contributed by atoms with van der Waals surface area (Å²) in [6.07, 6.45) is 3.48. The van der Waals surface area contributed by atoms with E-state index in [1.807, 2.05) is 26.2 Å². The highest BCUT2D eigenvalue weighted by atomic mass is 16.6. The molecule has 0 saturated heterocycles. The van der Waals surface area contributed by atoms with Crippen molar-refractivity contribution in [2.45, 2.75) is 20.1 Å². The summed E-state index contributed by atoms with van der Waals surface area (Å²) in [6, 6.07) is 5.01. The fraction of sp³-hybridized carbons (Fsp3) is 0.357. The van der Waals surface area contributed by atoms with E-state index in [1.165, 1.54) is 0 Å². The third kappa shape index (κ3) is 4.03. The van der Waals surface area contributed by atoms with Crippen LogP contribution in [0.15, 0.2) is 30.6 Å². The summed E-state index contributed by atoms with van der Waals surface area (Å²) in [7, 11) is 1.81. The molecular weight excluding hydrogens is 272 g/mol. The van der Waals surface area contributed by atoms with Gasteiger partial charge in [-0.05, 0) is 18.2 Å². The van der Waals surface area contributed by atoms with Crippen LogP contribution in [0.25, 0.3) is 0 Å². The molecule has 0 aliphatic rings. The number of aromatic nitrogens is 2. The molecule has 0 spiro atoms. The number of nitrogens with zero attached hydrogens (tertiary/aromatic N) is 3. The van der Waals surface area contributed by atoms with E-state index < -0.39 is 4.92 Å². The maximum atomic E-state index is 11.2. The van der Waals surface area contributed by atoms with E-state index >= 15 is 0 Å². The molecule has 0 radical (unpaired) electrons. The second kappa shape index (κ2) is 6.85. The number of rotatable bonds is 7. The van der Waals surface area contributed by atoms with E-state index in [0.717, 1.165) is 17.7 Å². The van der Waals surface area contributed by atoms with Crippen molar-refractivity contribution < 1.29 is 9.66 Å². The molecule has 0 unspecified atom stereocenters. The van der Waals surface area contributed by atoms with Gasteiger partial charge in [-0.25, -0.2) is 0 Å². The van der Waals surface area contributed by atoms with E-state index in [0.29, 0.717) is 6.54 Å². The summed E-state index contributed by atoms with van der Waals surface area (Å²) < 4.78 is 7.20. The molecule has 2 rings (SSSR count). The Morgan fingerprint density at radius 3 is 2.86 bits per heavy atom. The Hall–Kier alpha value is -2.41. The molecule has 0 saturated carbocycles. The Morgan fingerprint density at radius 2 is 2.24 bits per heavy atom. The van der Waals surface area contributed by atoms with Crippen molar-refractivity contribution in [2.75, 3.05) is 6.54 Å². The molecule has 7 heteroatoms. The summed E-state index contributed by atoms with van der Waals surface area (Å²) in [5, 5.41) is 18.3. The Bertz CT molecular complexity index is 624. The second-order valence-corrected chi connectivity index (χ2v) is 4.65. The van der Waals surface area contributed by atoms with Crippen LogP contribution in [0.2, 0.25) is 0 Å². The maximum Gasteiger partial charge on any atom is 0.311 e. The van der Waals surface area contributed by atoms with E-state index in [2.05, 4.69) is 10.4 Å². The number of nitrogens with one attached hydrogen (secondary N) is 1. The first-order chi connectivity index (χ1) is 10.1. The predicted octanol–water partition coefficient (Wildman–Crippen LogP) is 2.02. The van der Waals surface area contributed by atoms with Crippen LogP contribution in [0.5, 0.6) is 5.75 Å². The van der Waals surface area contributed by atoms with Crippen LogP contribution in [0, 0.1) is 10.1 Å². The van der Waals surface area contributed by atoms with Gasteiger partial charge in [0.2, 0.25) is 0 Å². The second-order valence-electron chi connectivity index (χ2n) is 4.65. The van der Waals surface area contributed by atoms with E-state index in [-0.39, 0.29) is 18.0 Å². The number of aryl methyl sites for hydroxylation is 1. The Balaban J connectivity index is 2.12. The minimum Gasteiger partial charge on any atom is -0.482 e. The Morgan fingerprint density at radius 1 is 1.43 bits per heavy atom. The molecule has 1 N–H and O–H groups in total. The maximum absolute atomic E-state index is 11.2. The molecule has 0 amide bonds. The summed E-state index contributed by atoms with van der Waals surface area (Å²) >= 11 is 0. The van der Waals surface area contributed by atoms with Crippen molar-refractivity contribution in [3.63, 3.8) is 0 Å². The monoisotopic (exact) mass is 290 g/mol. The normalized spacial score (nSPS) is 10.6. The van der Waals surface area contributed by atoms with Crippen molar-refractivity contribution in [1.29, 1.82) is 0 Å². The van der Waals surface area contributed by atoms with Crippen LogP contribution >= 0.6 is 0 Å². The van der Waals surface area contributed by atoms with Crippen LogP contribution in [0.4, 0.5) is 5.69 Å². The molecule has 1 aromatic carbocycles. The van der Waals surface area contributed by atoms with Gasteiger partial charge >= 0.3 is 5.69 Å². The molecule has 0 atom stereocenters. The Labute approximate surface area is 122 Å². The van der Waals surface area contributed by atoms with Crippen molar-refractivity contribution in [3.05, 3.63) is 51.8 Å². The lowest BCUT2D eigenvalue weighted by atomic mass is 10.2. The predicted molar refractivity (Wildman–Crippen MR) is 78.0 cm³/mol. The van der Waals surface area contributed by atoms with Crippen LogP contribution in [0.1, 0.15) is 18.1 Å². The molecule has 0 aliphatic carbocycles. The number of benzene rings is 1. The van der Waals surface area contributed by atoms with Gasteiger partial charge in [0.15, 0.2) is 5.75 Å². The largest absolute Gasteiger partial charge is 0.482 e. The summed E-state index contributed by atoms with van der Waals surface area (Å²) in [5.41, 5.74) is 1.70.